The largest absolute Gasteiger partial charge is 0.497 e. The number of rotatable bonds is 5. The topological polar surface area (TPSA) is 61.0 Å². The van der Waals surface area contributed by atoms with E-state index in [-0.39, 0.29) is 0 Å². The van der Waals surface area contributed by atoms with Crippen LogP contribution >= 0.6 is 22.6 Å². The van der Waals surface area contributed by atoms with Gasteiger partial charge in [0.2, 0.25) is 0 Å². The molecule has 0 fully saturated rings. The number of halogens is 1. The Kier molecular flexibility index (Phi) is 5.17. The van der Waals surface area contributed by atoms with Crippen LogP contribution in [0.25, 0.3) is 0 Å². The molecule has 4 nitrogen and oxygen atoms in total. The molecule has 2 N–H and O–H groups in total. The fourth-order valence-electron chi connectivity index (χ4n) is 2.01. The van der Waals surface area contributed by atoms with Crippen LogP contribution in [0.15, 0.2) is 24.3 Å². The molecule has 2 aromatic rings. The van der Waals surface area contributed by atoms with Crippen LogP contribution in [0.5, 0.6) is 5.75 Å². The Labute approximate surface area is 132 Å². The third-order valence-corrected chi connectivity index (χ3v) is 4.15. The molecule has 0 spiro atoms. The normalized spacial score (nSPS) is 10.6. The van der Waals surface area contributed by atoms with Crippen LogP contribution in [-0.4, -0.2) is 17.1 Å². The van der Waals surface area contributed by atoms with Crippen LogP contribution in [0.4, 0.5) is 5.82 Å². The average molecular weight is 383 g/mol. The number of aromatic nitrogens is 2. The van der Waals surface area contributed by atoms with E-state index in [4.69, 9.17) is 10.5 Å². The Morgan fingerprint density at radius 3 is 2.80 bits per heavy atom. The van der Waals surface area contributed by atoms with Gasteiger partial charge in [-0.2, -0.15) is 0 Å². The van der Waals surface area contributed by atoms with Gasteiger partial charge in [0.05, 0.1) is 16.4 Å². The van der Waals surface area contributed by atoms with E-state index < -0.39 is 0 Å². The van der Waals surface area contributed by atoms with Gasteiger partial charge >= 0.3 is 0 Å². The van der Waals surface area contributed by atoms with Gasteiger partial charge in [0.1, 0.15) is 17.4 Å². The fraction of sp³-hybridized carbons (Fsp3) is 0.333. The second kappa shape index (κ2) is 6.88. The van der Waals surface area contributed by atoms with Gasteiger partial charge < -0.3 is 10.5 Å². The third-order valence-electron chi connectivity index (χ3n) is 2.97. The first-order chi connectivity index (χ1) is 9.63. The third kappa shape index (κ3) is 3.59. The summed E-state index contributed by atoms with van der Waals surface area (Å²) in [6.07, 6.45) is 2.64. The predicted molar refractivity (Wildman–Crippen MR) is 89.0 cm³/mol. The highest BCUT2D eigenvalue weighted by Gasteiger charge is 2.10. The predicted octanol–water partition coefficient (Wildman–Crippen LogP) is 3.22. The summed E-state index contributed by atoms with van der Waals surface area (Å²) in [5.74, 6) is 2.18. The number of methoxy groups -OCH3 is 1. The monoisotopic (exact) mass is 383 g/mol. The molecule has 0 saturated carbocycles. The Morgan fingerprint density at radius 2 is 2.10 bits per heavy atom. The van der Waals surface area contributed by atoms with Crippen molar-refractivity contribution in [1.82, 2.24) is 9.97 Å². The lowest BCUT2D eigenvalue weighted by molar-refractivity contribution is 0.414. The zero-order valence-electron chi connectivity index (χ0n) is 11.7. The average Bonchev–Trinajstić information content (AvgIpc) is 2.44. The van der Waals surface area contributed by atoms with Crippen molar-refractivity contribution < 1.29 is 4.74 Å². The van der Waals surface area contributed by atoms with Crippen molar-refractivity contribution in [3.63, 3.8) is 0 Å². The lowest BCUT2D eigenvalue weighted by Gasteiger charge is -2.09. The van der Waals surface area contributed by atoms with E-state index >= 15 is 0 Å². The van der Waals surface area contributed by atoms with E-state index in [1.165, 1.54) is 0 Å². The zero-order valence-corrected chi connectivity index (χ0v) is 13.8. The highest BCUT2D eigenvalue weighted by Crippen LogP contribution is 2.20. The number of anilines is 1. The lowest BCUT2D eigenvalue weighted by Crippen LogP contribution is -2.08. The molecule has 0 bridgehead atoms. The van der Waals surface area contributed by atoms with Crippen LogP contribution in [0.2, 0.25) is 0 Å². The number of benzene rings is 1. The van der Waals surface area contributed by atoms with Gasteiger partial charge in [-0.1, -0.05) is 25.5 Å². The molecule has 0 unspecified atom stereocenters. The van der Waals surface area contributed by atoms with E-state index in [0.717, 1.165) is 39.2 Å². The molecule has 0 amide bonds. The highest BCUT2D eigenvalue weighted by atomic mass is 127. The van der Waals surface area contributed by atoms with E-state index in [1.807, 2.05) is 24.3 Å². The molecule has 5 heteroatoms. The lowest BCUT2D eigenvalue weighted by atomic mass is 10.1. The number of nitrogens with zero attached hydrogens (tertiary/aromatic N) is 2. The smallest absolute Gasteiger partial charge is 0.140 e. The van der Waals surface area contributed by atoms with E-state index in [2.05, 4.69) is 39.5 Å². The summed E-state index contributed by atoms with van der Waals surface area (Å²) in [7, 11) is 1.66. The Morgan fingerprint density at radius 1 is 1.30 bits per heavy atom. The summed E-state index contributed by atoms with van der Waals surface area (Å²) in [6, 6.07) is 7.93. The van der Waals surface area contributed by atoms with E-state index in [0.29, 0.717) is 12.2 Å². The molecule has 106 valence electrons. The maximum absolute atomic E-state index is 5.98. The van der Waals surface area contributed by atoms with E-state index in [1.54, 1.807) is 7.11 Å². The Bertz CT molecular complexity index is 602. The minimum Gasteiger partial charge on any atom is -0.497 e. The summed E-state index contributed by atoms with van der Waals surface area (Å²) in [5, 5.41) is 0. The summed E-state index contributed by atoms with van der Waals surface area (Å²) in [4.78, 5) is 9.02. The molecule has 1 heterocycles. The minimum atomic E-state index is 0.571. The molecular weight excluding hydrogens is 365 g/mol. The summed E-state index contributed by atoms with van der Waals surface area (Å²) < 4.78 is 6.20. The number of ether oxygens (including phenoxy) is 1. The fourth-order valence-corrected chi connectivity index (χ4v) is 2.52. The molecule has 0 aliphatic heterocycles. The first-order valence-corrected chi connectivity index (χ1v) is 7.65. The number of aryl methyl sites for hydroxylation is 1. The first-order valence-electron chi connectivity index (χ1n) is 6.57. The summed E-state index contributed by atoms with van der Waals surface area (Å²) in [6.45, 7) is 2.14. The molecule has 20 heavy (non-hydrogen) atoms. The van der Waals surface area contributed by atoms with Crippen LogP contribution in [0.3, 0.4) is 0 Å². The SMILES string of the molecule is CCCc1nc(Cc2cccc(OC)c2)nc(N)c1I. The van der Waals surface area contributed by atoms with Crippen molar-refractivity contribution >= 4 is 28.4 Å². The van der Waals surface area contributed by atoms with Crippen molar-refractivity contribution in [2.24, 2.45) is 0 Å². The van der Waals surface area contributed by atoms with Crippen LogP contribution in [0.1, 0.15) is 30.4 Å². The van der Waals surface area contributed by atoms with Crippen molar-refractivity contribution in [3.05, 3.63) is 44.9 Å². The Balaban J connectivity index is 2.28. The van der Waals surface area contributed by atoms with Crippen molar-refractivity contribution in [2.45, 2.75) is 26.2 Å². The molecular formula is C15H18IN3O. The number of nitrogen functional groups attached to an aromatic ring is 1. The standard InChI is InChI=1S/C15H18IN3O/c1-3-5-12-14(16)15(17)19-13(18-12)9-10-6-4-7-11(8-10)20-2/h4,6-8H,3,5,9H2,1-2H3,(H2,17,18,19). The molecule has 0 aliphatic carbocycles. The first kappa shape index (κ1) is 15.0. The van der Waals surface area contributed by atoms with Crippen molar-refractivity contribution in [3.8, 4) is 5.75 Å². The van der Waals surface area contributed by atoms with Crippen molar-refractivity contribution in [2.75, 3.05) is 12.8 Å². The van der Waals surface area contributed by atoms with E-state index in [9.17, 15) is 0 Å². The number of hydrogen-bond acceptors (Lipinski definition) is 4. The highest BCUT2D eigenvalue weighted by molar-refractivity contribution is 14.1. The van der Waals surface area contributed by atoms with Gasteiger partial charge in [-0.05, 0) is 46.7 Å². The second-order valence-electron chi connectivity index (χ2n) is 4.56. The van der Waals surface area contributed by atoms with Gasteiger partial charge in [0.15, 0.2) is 0 Å². The summed E-state index contributed by atoms with van der Waals surface area (Å²) in [5.41, 5.74) is 8.14. The maximum atomic E-state index is 5.98. The van der Waals surface area contributed by atoms with Gasteiger partial charge in [0.25, 0.3) is 0 Å². The second-order valence-corrected chi connectivity index (χ2v) is 5.64. The molecule has 0 aliphatic rings. The summed E-state index contributed by atoms with van der Waals surface area (Å²) >= 11 is 2.22. The molecule has 0 radical (unpaired) electrons. The maximum Gasteiger partial charge on any atom is 0.140 e. The zero-order chi connectivity index (χ0) is 14.5. The minimum absolute atomic E-state index is 0.571. The van der Waals surface area contributed by atoms with Crippen molar-refractivity contribution in [1.29, 1.82) is 0 Å². The molecule has 1 aromatic heterocycles. The van der Waals surface area contributed by atoms with Gasteiger partial charge in [0, 0.05) is 6.42 Å². The molecule has 2 rings (SSSR count). The molecule has 1 aromatic carbocycles. The van der Waals surface area contributed by atoms with Crippen LogP contribution < -0.4 is 10.5 Å². The van der Waals surface area contributed by atoms with Gasteiger partial charge in [-0.15, -0.1) is 0 Å². The quantitative estimate of drug-likeness (QED) is 0.806. The Hall–Kier alpha value is -1.37. The molecule has 0 saturated heterocycles. The van der Waals surface area contributed by atoms with Crippen LogP contribution in [-0.2, 0) is 12.8 Å². The number of nitrogens with two attached hydrogens (primary N) is 1. The van der Waals surface area contributed by atoms with Gasteiger partial charge in [-0.3, -0.25) is 0 Å². The number of hydrogen-bond donors (Lipinski definition) is 1. The molecule has 0 atom stereocenters. The van der Waals surface area contributed by atoms with Crippen LogP contribution in [0, 0.1) is 3.57 Å². The van der Waals surface area contributed by atoms with Gasteiger partial charge in [-0.25, -0.2) is 9.97 Å².